The van der Waals surface area contributed by atoms with Gasteiger partial charge in [0.05, 0.1) is 11.9 Å². The average molecular weight is 451 g/mol. The van der Waals surface area contributed by atoms with Crippen molar-refractivity contribution in [2.75, 3.05) is 60.5 Å². The summed E-state index contributed by atoms with van der Waals surface area (Å²) in [6, 6.07) is 12.5. The molecule has 1 N–H and O–H groups in total. The SMILES string of the molecule is Cc1cc(Cl)ccc1N(CC(=O)Nc1ccc(N2CCN(C)CC2)cc1)S(C)(=O)=O. The minimum atomic E-state index is -3.65. The van der Waals surface area contributed by atoms with E-state index in [9.17, 15) is 13.2 Å². The second-order valence-electron chi connectivity index (χ2n) is 7.59. The lowest BCUT2D eigenvalue weighted by atomic mass is 10.2. The van der Waals surface area contributed by atoms with Crippen molar-refractivity contribution in [3.63, 3.8) is 0 Å². The van der Waals surface area contributed by atoms with Crippen molar-refractivity contribution < 1.29 is 13.2 Å². The summed E-state index contributed by atoms with van der Waals surface area (Å²) in [7, 11) is -1.54. The summed E-state index contributed by atoms with van der Waals surface area (Å²) in [6.07, 6.45) is 1.08. The van der Waals surface area contributed by atoms with Gasteiger partial charge in [-0.1, -0.05) is 11.6 Å². The number of carbonyl (C=O) groups excluding carboxylic acids is 1. The molecule has 1 fully saturated rings. The highest BCUT2D eigenvalue weighted by molar-refractivity contribution is 7.92. The Kier molecular flexibility index (Phi) is 6.90. The summed E-state index contributed by atoms with van der Waals surface area (Å²) in [5.74, 6) is -0.415. The maximum Gasteiger partial charge on any atom is 0.245 e. The summed E-state index contributed by atoms with van der Waals surface area (Å²) in [6.45, 7) is 5.40. The van der Waals surface area contributed by atoms with Crippen LogP contribution >= 0.6 is 11.6 Å². The second-order valence-corrected chi connectivity index (χ2v) is 9.93. The van der Waals surface area contributed by atoms with Gasteiger partial charge in [-0.3, -0.25) is 9.10 Å². The number of carbonyl (C=O) groups is 1. The zero-order chi connectivity index (χ0) is 21.9. The predicted molar refractivity (Wildman–Crippen MR) is 123 cm³/mol. The number of anilines is 3. The molecule has 0 saturated carbocycles. The van der Waals surface area contributed by atoms with Crippen LogP contribution in [0.5, 0.6) is 0 Å². The number of nitrogens with zero attached hydrogens (tertiary/aromatic N) is 3. The molecule has 3 rings (SSSR count). The zero-order valence-corrected chi connectivity index (χ0v) is 19.0. The molecule has 0 radical (unpaired) electrons. The molecule has 1 saturated heterocycles. The number of nitrogens with one attached hydrogen (secondary N) is 1. The fourth-order valence-corrected chi connectivity index (χ4v) is 4.57. The van der Waals surface area contributed by atoms with Crippen LogP contribution in [0.3, 0.4) is 0 Å². The molecule has 0 aromatic heterocycles. The van der Waals surface area contributed by atoms with Gasteiger partial charge in [0.1, 0.15) is 6.54 Å². The van der Waals surface area contributed by atoms with Gasteiger partial charge in [-0.15, -0.1) is 0 Å². The number of hydrogen-bond donors (Lipinski definition) is 1. The largest absolute Gasteiger partial charge is 0.369 e. The molecule has 1 heterocycles. The molecule has 1 amide bonds. The van der Waals surface area contributed by atoms with Crippen molar-refractivity contribution in [3.8, 4) is 0 Å². The smallest absolute Gasteiger partial charge is 0.245 e. The molecule has 0 unspecified atom stereocenters. The predicted octanol–water partition coefficient (Wildman–Crippen LogP) is 2.80. The normalized spacial score (nSPS) is 15.1. The molecule has 7 nitrogen and oxygen atoms in total. The van der Waals surface area contributed by atoms with Crippen molar-refractivity contribution in [3.05, 3.63) is 53.1 Å². The van der Waals surface area contributed by atoms with E-state index in [-0.39, 0.29) is 6.54 Å². The first kappa shape index (κ1) is 22.4. The van der Waals surface area contributed by atoms with Crippen LogP contribution in [0.25, 0.3) is 0 Å². The highest BCUT2D eigenvalue weighted by atomic mass is 35.5. The number of hydrogen-bond acceptors (Lipinski definition) is 5. The maximum atomic E-state index is 12.6. The van der Waals surface area contributed by atoms with Crippen LogP contribution in [0.2, 0.25) is 5.02 Å². The highest BCUT2D eigenvalue weighted by Gasteiger charge is 2.22. The van der Waals surface area contributed by atoms with E-state index in [1.165, 1.54) is 0 Å². The standard InChI is InChI=1S/C21H27ClN4O3S/c1-16-14-17(22)4-9-20(16)26(30(3,28)29)15-21(27)23-18-5-7-19(8-6-18)25-12-10-24(2)11-13-25/h4-9,14H,10-13,15H2,1-3H3,(H,23,27). The van der Waals surface area contributed by atoms with Crippen LogP contribution in [0.4, 0.5) is 17.1 Å². The first-order chi connectivity index (χ1) is 14.1. The molecule has 0 bridgehead atoms. The number of amides is 1. The van der Waals surface area contributed by atoms with Gasteiger partial charge in [0.25, 0.3) is 0 Å². The minimum Gasteiger partial charge on any atom is -0.369 e. The lowest BCUT2D eigenvalue weighted by Gasteiger charge is -2.34. The number of sulfonamides is 1. The molecular formula is C21H27ClN4O3S. The number of likely N-dealkylation sites (N-methyl/N-ethyl adjacent to an activating group) is 1. The van der Waals surface area contributed by atoms with Crippen LogP contribution < -0.4 is 14.5 Å². The van der Waals surface area contributed by atoms with Gasteiger partial charge in [-0.2, -0.15) is 0 Å². The van der Waals surface area contributed by atoms with E-state index in [1.807, 2.05) is 24.3 Å². The average Bonchev–Trinajstić information content (AvgIpc) is 2.67. The number of halogens is 1. The zero-order valence-electron chi connectivity index (χ0n) is 17.4. The van der Waals surface area contributed by atoms with Gasteiger partial charge < -0.3 is 15.1 Å². The summed E-state index contributed by atoms with van der Waals surface area (Å²) in [4.78, 5) is 17.2. The number of rotatable bonds is 6. The molecule has 162 valence electrons. The fraction of sp³-hybridized carbons (Fsp3) is 0.381. The van der Waals surface area contributed by atoms with E-state index in [4.69, 9.17) is 11.6 Å². The fourth-order valence-electron chi connectivity index (χ4n) is 3.43. The van der Waals surface area contributed by atoms with Crippen LogP contribution in [-0.4, -0.2) is 65.3 Å². The highest BCUT2D eigenvalue weighted by Crippen LogP contribution is 2.26. The summed E-state index contributed by atoms with van der Waals surface area (Å²) in [5.41, 5.74) is 2.84. The van der Waals surface area contributed by atoms with Crippen LogP contribution in [-0.2, 0) is 14.8 Å². The molecule has 30 heavy (non-hydrogen) atoms. The van der Waals surface area contributed by atoms with Crippen molar-refractivity contribution in [1.29, 1.82) is 0 Å². The van der Waals surface area contributed by atoms with Crippen LogP contribution in [0.1, 0.15) is 5.56 Å². The molecule has 0 spiro atoms. The van der Waals surface area contributed by atoms with Gasteiger partial charge in [0.2, 0.25) is 15.9 Å². The molecule has 2 aromatic carbocycles. The van der Waals surface area contributed by atoms with Crippen molar-refractivity contribution in [2.45, 2.75) is 6.92 Å². The van der Waals surface area contributed by atoms with Gasteiger partial charge in [-0.25, -0.2) is 8.42 Å². The molecule has 1 aliphatic rings. The summed E-state index contributed by atoms with van der Waals surface area (Å²) in [5, 5.41) is 3.29. The Morgan fingerprint density at radius 3 is 2.30 bits per heavy atom. The monoisotopic (exact) mass is 450 g/mol. The lowest BCUT2D eigenvalue weighted by molar-refractivity contribution is -0.114. The first-order valence-corrected chi connectivity index (χ1v) is 11.9. The second kappa shape index (κ2) is 9.24. The van der Waals surface area contributed by atoms with Crippen LogP contribution in [0, 0.1) is 6.92 Å². The Morgan fingerprint density at radius 2 is 1.73 bits per heavy atom. The van der Waals surface area contributed by atoms with Crippen molar-refractivity contribution in [2.24, 2.45) is 0 Å². The third-order valence-electron chi connectivity index (χ3n) is 5.13. The Bertz CT molecular complexity index is 1000. The lowest BCUT2D eigenvalue weighted by Crippen LogP contribution is -2.44. The van der Waals surface area contributed by atoms with E-state index in [2.05, 4.69) is 22.2 Å². The number of benzene rings is 2. The Balaban J connectivity index is 1.68. The van der Waals surface area contributed by atoms with Gasteiger partial charge >= 0.3 is 0 Å². The molecule has 0 aliphatic carbocycles. The molecular weight excluding hydrogens is 424 g/mol. The van der Waals surface area contributed by atoms with Crippen molar-refractivity contribution in [1.82, 2.24) is 4.90 Å². The summed E-state index contributed by atoms with van der Waals surface area (Å²) < 4.78 is 25.7. The Labute approximate surface area is 183 Å². The minimum absolute atomic E-state index is 0.318. The molecule has 2 aromatic rings. The maximum absolute atomic E-state index is 12.6. The van der Waals surface area contributed by atoms with E-state index >= 15 is 0 Å². The van der Waals surface area contributed by atoms with Crippen LogP contribution in [0.15, 0.2) is 42.5 Å². The summed E-state index contributed by atoms with van der Waals surface area (Å²) >= 11 is 5.97. The molecule has 0 atom stereocenters. The van der Waals surface area contributed by atoms with Crippen molar-refractivity contribution >= 4 is 44.6 Å². The van der Waals surface area contributed by atoms with Gasteiger partial charge in [-0.05, 0) is 62.0 Å². The van der Waals surface area contributed by atoms with E-state index in [0.29, 0.717) is 22.0 Å². The first-order valence-electron chi connectivity index (χ1n) is 9.71. The number of piperazine rings is 1. The quantitative estimate of drug-likeness (QED) is 0.732. The van der Waals surface area contributed by atoms with E-state index in [0.717, 1.165) is 42.4 Å². The molecule has 1 aliphatic heterocycles. The van der Waals surface area contributed by atoms with Gasteiger partial charge in [0.15, 0.2) is 0 Å². The Hall–Kier alpha value is -2.29. The third kappa shape index (κ3) is 5.65. The van der Waals surface area contributed by atoms with Gasteiger partial charge in [0, 0.05) is 42.6 Å². The number of aryl methyl sites for hydroxylation is 1. The van der Waals surface area contributed by atoms with E-state index < -0.39 is 15.9 Å². The Morgan fingerprint density at radius 1 is 1.10 bits per heavy atom. The van der Waals surface area contributed by atoms with E-state index in [1.54, 1.807) is 25.1 Å². The topological polar surface area (TPSA) is 73.0 Å². The molecule has 9 heteroatoms. The third-order valence-corrected chi connectivity index (χ3v) is 6.50.